The van der Waals surface area contributed by atoms with Crippen LogP contribution in [0.25, 0.3) is 0 Å². The lowest BCUT2D eigenvalue weighted by Crippen LogP contribution is -2.44. The zero-order chi connectivity index (χ0) is 16.9. The van der Waals surface area contributed by atoms with Gasteiger partial charge >= 0.3 is 0 Å². The predicted octanol–water partition coefficient (Wildman–Crippen LogP) is 3.83. The summed E-state index contributed by atoms with van der Waals surface area (Å²) in [6.07, 6.45) is 1.99. The number of amides is 1. The number of nitrogens with zero attached hydrogens (tertiary/aromatic N) is 1. The normalized spacial score (nSPS) is 16.4. The van der Waals surface area contributed by atoms with Crippen molar-refractivity contribution in [2.24, 2.45) is 0 Å². The number of benzene rings is 2. The van der Waals surface area contributed by atoms with Crippen molar-refractivity contribution in [2.75, 3.05) is 18.1 Å². The number of para-hydroxylation sites is 1. The zero-order valence-electron chi connectivity index (χ0n) is 14.2. The van der Waals surface area contributed by atoms with Crippen LogP contribution in [0.15, 0.2) is 48.5 Å². The van der Waals surface area contributed by atoms with E-state index < -0.39 is 0 Å². The molecule has 0 saturated heterocycles. The fraction of sp³-hybridized carbons (Fsp3) is 0.350. The molecule has 2 aromatic carbocycles. The number of carbonyl (C=O) groups excluding carboxylic acids is 1. The van der Waals surface area contributed by atoms with Crippen molar-refractivity contribution in [1.82, 2.24) is 0 Å². The fourth-order valence-corrected chi connectivity index (χ4v) is 3.08. The van der Waals surface area contributed by atoms with Crippen molar-refractivity contribution in [1.29, 1.82) is 0 Å². The Kier molecular flexibility index (Phi) is 5.04. The van der Waals surface area contributed by atoms with E-state index in [-0.39, 0.29) is 18.6 Å². The maximum atomic E-state index is 12.7. The largest absolute Gasteiger partial charge is 0.494 e. The second-order valence-corrected chi connectivity index (χ2v) is 5.97. The molecule has 0 spiro atoms. The summed E-state index contributed by atoms with van der Waals surface area (Å²) in [7, 11) is 0. The second-order valence-electron chi connectivity index (χ2n) is 5.97. The van der Waals surface area contributed by atoms with Crippen molar-refractivity contribution in [3.8, 4) is 11.5 Å². The second kappa shape index (κ2) is 7.39. The van der Waals surface area contributed by atoms with Gasteiger partial charge in [-0.1, -0.05) is 18.2 Å². The smallest absolute Gasteiger partial charge is 0.265 e. The summed E-state index contributed by atoms with van der Waals surface area (Å²) < 4.78 is 11.1. The molecule has 0 bridgehead atoms. The Morgan fingerprint density at radius 3 is 2.46 bits per heavy atom. The molecule has 1 aliphatic heterocycles. The molecule has 4 nitrogen and oxygen atoms in total. The molecule has 1 amide bonds. The molecule has 1 unspecified atom stereocenters. The number of fused-ring (bicyclic) bond motifs is 1. The van der Waals surface area contributed by atoms with Gasteiger partial charge in [-0.05, 0) is 62.6 Å². The van der Waals surface area contributed by atoms with Gasteiger partial charge in [-0.2, -0.15) is 0 Å². The third kappa shape index (κ3) is 3.53. The SMILES string of the molecule is CCOc1ccc(OCC(=O)N2c3ccccc3CCC2C)cc1. The number of ether oxygens (including phenoxy) is 2. The summed E-state index contributed by atoms with van der Waals surface area (Å²) in [5, 5.41) is 0. The molecule has 0 aliphatic carbocycles. The highest BCUT2D eigenvalue weighted by molar-refractivity contribution is 5.96. The molecule has 2 aromatic rings. The first kappa shape index (κ1) is 16.4. The number of anilines is 1. The van der Waals surface area contributed by atoms with E-state index in [4.69, 9.17) is 9.47 Å². The van der Waals surface area contributed by atoms with Crippen molar-refractivity contribution >= 4 is 11.6 Å². The molecule has 4 heteroatoms. The number of hydrogen-bond donors (Lipinski definition) is 0. The Bertz CT molecular complexity index is 696. The van der Waals surface area contributed by atoms with E-state index in [0.29, 0.717) is 12.4 Å². The molecule has 1 heterocycles. The molecular weight excluding hydrogens is 302 g/mol. The summed E-state index contributed by atoms with van der Waals surface area (Å²) in [6.45, 7) is 4.70. The van der Waals surface area contributed by atoms with Crippen LogP contribution in [0.3, 0.4) is 0 Å². The van der Waals surface area contributed by atoms with Crippen LogP contribution in [-0.2, 0) is 11.2 Å². The van der Waals surface area contributed by atoms with E-state index >= 15 is 0 Å². The van der Waals surface area contributed by atoms with Gasteiger partial charge in [0.2, 0.25) is 0 Å². The third-order valence-corrected chi connectivity index (χ3v) is 4.29. The van der Waals surface area contributed by atoms with Crippen LogP contribution in [0.2, 0.25) is 0 Å². The van der Waals surface area contributed by atoms with Gasteiger partial charge in [-0.3, -0.25) is 4.79 Å². The molecule has 24 heavy (non-hydrogen) atoms. The third-order valence-electron chi connectivity index (χ3n) is 4.29. The van der Waals surface area contributed by atoms with Crippen molar-refractivity contribution in [3.05, 3.63) is 54.1 Å². The highest BCUT2D eigenvalue weighted by Crippen LogP contribution is 2.30. The molecule has 1 atom stereocenters. The van der Waals surface area contributed by atoms with Crippen molar-refractivity contribution < 1.29 is 14.3 Å². The first-order valence-corrected chi connectivity index (χ1v) is 8.44. The van der Waals surface area contributed by atoms with Gasteiger partial charge in [0.15, 0.2) is 6.61 Å². The summed E-state index contributed by atoms with van der Waals surface area (Å²) in [5.41, 5.74) is 2.24. The minimum Gasteiger partial charge on any atom is -0.494 e. The lowest BCUT2D eigenvalue weighted by Gasteiger charge is -2.35. The fourth-order valence-electron chi connectivity index (χ4n) is 3.08. The highest BCUT2D eigenvalue weighted by Gasteiger charge is 2.28. The van der Waals surface area contributed by atoms with E-state index in [2.05, 4.69) is 13.0 Å². The average Bonchev–Trinajstić information content (AvgIpc) is 2.61. The molecule has 0 radical (unpaired) electrons. The molecule has 3 rings (SSSR count). The van der Waals surface area contributed by atoms with Gasteiger partial charge in [0.1, 0.15) is 11.5 Å². The van der Waals surface area contributed by atoms with Crippen LogP contribution in [0.5, 0.6) is 11.5 Å². The van der Waals surface area contributed by atoms with Gasteiger partial charge in [-0.15, -0.1) is 0 Å². The Morgan fingerprint density at radius 1 is 1.08 bits per heavy atom. The molecule has 1 aliphatic rings. The predicted molar refractivity (Wildman–Crippen MR) is 94.8 cm³/mol. The molecule has 126 valence electrons. The minimum atomic E-state index is -0.0106. The van der Waals surface area contributed by atoms with Gasteiger partial charge in [-0.25, -0.2) is 0 Å². The molecule has 0 saturated carbocycles. The van der Waals surface area contributed by atoms with E-state index in [1.807, 2.05) is 54.3 Å². The Labute approximate surface area is 143 Å². The van der Waals surface area contributed by atoms with Crippen LogP contribution >= 0.6 is 0 Å². The summed E-state index contributed by atoms with van der Waals surface area (Å²) >= 11 is 0. The van der Waals surface area contributed by atoms with Crippen LogP contribution in [-0.4, -0.2) is 25.2 Å². The summed E-state index contributed by atoms with van der Waals surface area (Å²) in [5.74, 6) is 1.46. The van der Waals surface area contributed by atoms with Crippen molar-refractivity contribution in [2.45, 2.75) is 32.7 Å². The van der Waals surface area contributed by atoms with E-state index in [0.717, 1.165) is 24.3 Å². The topological polar surface area (TPSA) is 38.8 Å². The summed E-state index contributed by atoms with van der Waals surface area (Å²) in [4.78, 5) is 14.6. The van der Waals surface area contributed by atoms with E-state index in [9.17, 15) is 4.79 Å². The van der Waals surface area contributed by atoms with Crippen LogP contribution < -0.4 is 14.4 Å². The number of hydrogen-bond acceptors (Lipinski definition) is 3. The first-order valence-electron chi connectivity index (χ1n) is 8.44. The molecule has 0 N–H and O–H groups in total. The van der Waals surface area contributed by atoms with Crippen LogP contribution in [0, 0.1) is 0 Å². The monoisotopic (exact) mass is 325 g/mol. The van der Waals surface area contributed by atoms with Gasteiger partial charge in [0, 0.05) is 11.7 Å². The molecular formula is C20H23NO3. The van der Waals surface area contributed by atoms with E-state index in [1.54, 1.807) is 0 Å². The average molecular weight is 325 g/mol. The lowest BCUT2D eigenvalue weighted by atomic mass is 9.96. The van der Waals surface area contributed by atoms with E-state index in [1.165, 1.54) is 5.56 Å². The summed E-state index contributed by atoms with van der Waals surface area (Å²) in [6, 6.07) is 15.6. The maximum Gasteiger partial charge on any atom is 0.265 e. The lowest BCUT2D eigenvalue weighted by molar-refractivity contribution is -0.121. The van der Waals surface area contributed by atoms with Gasteiger partial charge in [0.25, 0.3) is 5.91 Å². The quantitative estimate of drug-likeness (QED) is 0.838. The van der Waals surface area contributed by atoms with Gasteiger partial charge in [0.05, 0.1) is 6.61 Å². The molecule has 0 fully saturated rings. The Morgan fingerprint density at radius 2 is 1.75 bits per heavy atom. The number of aryl methyl sites for hydroxylation is 1. The number of carbonyl (C=O) groups is 1. The van der Waals surface area contributed by atoms with Crippen molar-refractivity contribution in [3.63, 3.8) is 0 Å². The standard InChI is InChI=1S/C20H23NO3/c1-3-23-17-10-12-18(13-11-17)24-14-20(22)21-15(2)8-9-16-6-4-5-7-19(16)21/h4-7,10-13,15H,3,8-9,14H2,1-2H3. The first-order chi connectivity index (χ1) is 11.7. The highest BCUT2D eigenvalue weighted by atomic mass is 16.5. The Balaban J connectivity index is 1.66. The zero-order valence-corrected chi connectivity index (χ0v) is 14.2. The van der Waals surface area contributed by atoms with Crippen LogP contribution in [0.1, 0.15) is 25.8 Å². The maximum absolute atomic E-state index is 12.7. The van der Waals surface area contributed by atoms with Crippen LogP contribution in [0.4, 0.5) is 5.69 Å². The minimum absolute atomic E-state index is 0.0106. The number of rotatable bonds is 5. The van der Waals surface area contributed by atoms with Gasteiger partial charge < -0.3 is 14.4 Å². The molecule has 0 aromatic heterocycles. The Hall–Kier alpha value is -2.49.